The van der Waals surface area contributed by atoms with Crippen molar-refractivity contribution in [2.24, 2.45) is 0 Å². The van der Waals surface area contributed by atoms with Crippen molar-refractivity contribution < 1.29 is 38.3 Å². The van der Waals surface area contributed by atoms with Gasteiger partial charge < -0.3 is 23.9 Å². The highest BCUT2D eigenvalue weighted by Gasteiger charge is 2.37. The smallest absolute Gasteiger partial charge is 0.526 e. The molecule has 1 aliphatic heterocycles. The summed E-state index contributed by atoms with van der Waals surface area (Å²) in [6, 6.07) is 4.92. The summed E-state index contributed by atoms with van der Waals surface area (Å²) in [5.74, 6) is -0.903. The third-order valence-electron chi connectivity index (χ3n) is 4.19. The fourth-order valence-corrected chi connectivity index (χ4v) is 2.85. The van der Waals surface area contributed by atoms with E-state index in [0.717, 1.165) is 0 Å². The Morgan fingerprint density at radius 2 is 1.93 bits per heavy atom. The first-order chi connectivity index (χ1) is 13.2. The van der Waals surface area contributed by atoms with Gasteiger partial charge in [-0.3, -0.25) is 4.79 Å². The number of ether oxygens (including phenoxy) is 3. The molecule has 0 saturated heterocycles. The van der Waals surface area contributed by atoms with Gasteiger partial charge in [0, 0.05) is 25.6 Å². The number of carbonyl (C=O) groups is 3. The quantitative estimate of drug-likeness (QED) is 0.429. The van der Waals surface area contributed by atoms with Gasteiger partial charge in [0.25, 0.3) is 0 Å². The van der Waals surface area contributed by atoms with Crippen LogP contribution in [-0.4, -0.2) is 42.4 Å². The van der Waals surface area contributed by atoms with Gasteiger partial charge in [-0.2, -0.15) is 0 Å². The van der Waals surface area contributed by atoms with Crippen molar-refractivity contribution in [2.75, 3.05) is 0 Å². The maximum absolute atomic E-state index is 12.5. The fourth-order valence-electron chi connectivity index (χ4n) is 2.85. The molecule has 8 nitrogen and oxygen atoms in total. The predicted octanol–water partition coefficient (Wildman–Crippen LogP) is 2.91. The minimum atomic E-state index is -1.20. The van der Waals surface area contributed by atoms with Crippen LogP contribution >= 0.6 is 0 Å². The van der Waals surface area contributed by atoms with Gasteiger partial charge >= 0.3 is 19.2 Å². The molecule has 0 amide bonds. The largest absolute Gasteiger partial charge is 0.535 e. The molecule has 0 spiro atoms. The Morgan fingerprint density at radius 1 is 1.21 bits per heavy atom. The fraction of sp³-hybridized carbons (Fsp3) is 0.526. The highest BCUT2D eigenvalue weighted by molar-refractivity contribution is 6.47. The van der Waals surface area contributed by atoms with E-state index in [4.69, 9.17) is 18.9 Å². The minimum Gasteiger partial charge on any atom is -0.535 e. The van der Waals surface area contributed by atoms with Crippen LogP contribution in [0.2, 0.25) is 5.82 Å². The van der Waals surface area contributed by atoms with E-state index in [9.17, 15) is 19.4 Å². The molecule has 0 bridgehead atoms. The Labute approximate surface area is 164 Å². The van der Waals surface area contributed by atoms with Crippen molar-refractivity contribution >= 4 is 25.0 Å². The highest BCUT2D eigenvalue weighted by Crippen LogP contribution is 2.36. The Hall–Kier alpha value is -2.55. The Morgan fingerprint density at radius 3 is 2.57 bits per heavy atom. The zero-order chi connectivity index (χ0) is 20.8. The van der Waals surface area contributed by atoms with Crippen molar-refractivity contribution in [1.29, 1.82) is 0 Å². The molecule has 1 aliphatic rings. The standard InChI is InChI=1S/C19H25BO8/c1-5-15(21)10-14-9-13-7-6-8-16(17(13)28-20(14)24)18(22)26-12(4)27-19(23)25-11(2)3/h6-8,11-12,14,24H,5,9-10H2,1-4H3/t12?,14-/m1/s1. The summed E-state index contributed by atoms with van der Waals surface area (Å²) < 4.78 is 20.3. The molecule has 9 heteroatoms. The van der Waals surface area contributed by atoms with Crippen molar-refractivity contribution in [3.63, 3.8) is 0 Å². The van der Waals surface area contributed by atoms with Crippen molar-refractivity contribution in [3.05, 3.63) is 29.3 Å². The maximum Gasteiger partial charge on any atom is 0.526 e. The SMILES string of the molecule is CCC(=O)C[C@H]1Cc2cccc(C(=O)OC(C)OC(=O)OC(C)C)c2OB1O. The molecule has 152 valence electrons. The monoisotopic (exact) mass is 392 g/mol. The van der Waals surface area contributed by atoms with E-state index in [2.05, 4.69) is 0 Å². The number of esters is 1. The molecule has 1 aromatic rings. The highest BCUT2D eigenvalue weighted by atomic mass is 16.8. The summed E-state index contributed by atoms with van der Waals surface area (Å²) in [6.45, 7) is 6.48. The molecule has 28 heavy (non-hydrogen) atoms. The number of hydrogen-bond acceptors (Lipinski definition) is 8. The molecule has 1 N–H and O–H groups in total. The van der Waals surface area contributed by atoms with Crippen LogP contribution in [0.3, 0.4) is 0 Å². The normalized spacial score (nSPS) is 16.6. The summed E-state index contributed by atoms with van der Waals surface area (Å²) in [5, 5.41) is 10.2. The molecule has 0 saturated carbocycles. The van der Waals surface area contributed by atoms with E-state index >= 15 is 0 Å². The van der Waals surface area contributed by atoms with Gasteiger partial charge in [-0.1, -0.05) is 19.1 Å². The molecule has 0 radical (unpaired) electrons. The molecule has 2 atom stereocenters. The first kappa shape index (κ1) is 21.8. The second-order valence-corrected chi connectivity index (χ2v) is 6.87. The molecular formula is C19H25BO8. The van der Waals surface area contributed by atoms with Gasteiger partial charge in [0.05, 0.1) is 6.10 Å². The Bertz CT molecular complexity index is 733. The number of para-hydroxylation sites is 1. The number of rotatable bonds is 7. The van der Waals surface area contributed by atoms with Crippen LogP contribution in [0, 0.1) is 0 Å². The van der Waals surface area contributed by atoms with E-state index in [0.29, 0.717) is 18.4 Å². The summed E-state index contributed by atoms with van der Waals surface area (Å²) >= 11 is 0. The van der Waals surface area contributed by atoms with Crippen molar-refractivity contribution in [2.45, 2.75) is 65.2 Å². The lowest BCUT2D eigenvalue weighted by atomic mass is 9.64. The van der Waals surface area contributed by atoms with Crippen molar-refractivity contribution in [3.8, 4) is 5.75 Å². The zero-order valence-electron chi connectivity index (χ0n) is 16.5. The van der Waals surface area contributed by atoms with E-state index in [1.807, 2.05) is 0 Å². The van der Waals surface area contributed by atoms with E-state index in [-0.39, 0.29) is 35.4 Å². The lowest BCUT2D eigenvalue weighted by molar-refractivity contribution is -0.119. The molecule has 2 rings (SSSR count). The summed E-state index contributed by atoms with van der Waals surface area (Å²) in [5.41, 5.74) is 0.797. The molecule has 1 unspecified atom stereocenters. The maximum atomic E-state index is 12.5. The van der Waals surface area contributed by atoms with Gasteiger partial charge in [0.2, 0.25) is 6.29 Å². The number of fused-ring (bicyclic) bond motifs is 1. The summed E-state index contributed by atoms with van der Waals surface area (Å²) in [7, 11) is -1.20. The molecule has 0 fully saturated rings. The number of ketones is 1. The van der Waals surface area contributed by atoms with E-state index in [1.54, 1.807) is 32.9 Å². The van der Waals surface area contributed by atoms with Gasteiger partial charge in [0.15, 0.2) is 0 Å². The van der Waals surface area contributed by atoms with Gasteiger partial charge in [0.1, 0.15) is 17.1 Å². The number of benzene rings is 1. The van der Waals surface area contributed by atoms with Gasteiger partial charge in [-0.25, -0.2) is 9.59 Å². The second-order valence-electron chi connectivity index (χ2n) is 6.87. The molecule has 1 heterocycles. The van der Waals surface area contributed by atoms with Crippen LogP contribution < -0.4 is 4.65 Å². The van der Waals surface area contributed by atoms with Gasteiger partial charge in [-0.15, -0.1) is 0 Å². The molecule has 0 aliphatic carbocycles. The van der Waals surface area contributed by atoms with E-state index < -0.39 is 25.5 Å². The number of hydrogen-bond donors (Lipinski definition) is 1. The summed E-state index contributed by atoms with van der Waals surface area (Å²) in [6.07, 6.45) is -1.48. The van der Waals surface area contributed by atoms with Gasteiger partial charge in [-0.05, 0) is 31.9 Å². The minimum absolute atomic E-state index is 0.0333. The van der Waals surface area contributed by atoms with Crippen LogP contribution in [0.1, 0.15) is 56.5 Å². The Balaban J connectivity index is 2.08. The third-order valence-corrected chi connectivity index (χ3v) is 4.19. The van der Waals surface area contributed by atoms with E-state index in [1.165, 1.54) is 13.0 Å². The Kier molecular flexibility index (Phi) is 7.45. The van der Waals surface area contributed by atoms with Crippen LogP contribution in [0.4, 0.5) is 4.79 Å². The summed E-state index contributed by atoms with van der Waals surface area (Å²) in [4.78, 5) is 35.7. The predicted molar refractivity (Wildman–Crippen MR) is 100.0 cm³/mol. The number of carbonyl (C=O) groups excluding carboxylic acids is 3. The number of Topliss-reactive ketones (excluding diaryl/α,β-unsaturated/α-hetero) is 1. The molecule has 1 aromatic carbocycles. The second kappa shape index (κ2) is 9.59. The lowest BCUT2D eigenvalue weighted by Gasteiger charge is -2.28. The van der Waals surface area contributed by atoms with Crippen LogP contribution in [0.25, 0.3) is 0 Å². The average molecular weight is 392 g/mol. The van der Waals surface area contributed by atoms with Crippen LogP contribution in [0.5, 0.6) is 5.75 Å². The zero-order valence-corrected chi connectivity index (χ0v) is 16.5. The van der Waals surface area contributed by atoms with Crippen LogP contribution in [0.15, 0.2) is 18.2 Å². The first-order valence-electron chi connectivity index (χ1n) is 9.27. The molecular weight excluding hydrogens is 367 g/mol. The topological polar surface area (TPSA) is 108 Å². The average Bonchev–Trinajstić information content (AvgIpc) is 2.60. The van der Waals surface area contributed by atoms with Crippen molar-refractivity contribution in [1.82, 2.24) is 0 Å². The lowest BCUT2D eigenvalue weighted by Crippen LogP contribution is -2.36. The molecule has 0 aromatic heterocycles. The van der Waals surface area contributed by atoms with Crippen LogP contribution in [-0.2, 0) is 25.4 Å². The third kappa shape index (κ3) is 5.72. The first-order valence-corrected chi connectivity index (χ1v) is 9.27.